The van der Waals surface area contributed by atoms with E-state index in [-0.39, 0.29) is 22.9 Å². The Bertz CT molecular complexity index is 656. The van der Waals surface area contributed by atoms with Crippen molar-refractivity contribution in [1.82, 2.24) is 4.90 Å². The van der Waals surface area contributed by atoms with E-state index in [0.717, 1.165) is 37.4 Å². The topological polar surface area (TPSA) is 62.9 Å². The molecule has 2 aliphatic rings. The van der Waals surface area contributed by atoms with Gasteiger partial charge < -0.3 is 15.8 Å². The number of nitrogens with zero attached hydrogens (tertiary/aromatic N) is 2. The number of nitrogens with one attached hydrogen (secondary N) is 1. The van der Waals surface area contributed by atoms with E-state index in [1.807, 2.05) is 11.8 Å². The molecule has 9 heteroatoms. The number of thioether (sulfide) groups is 1. The third-order valence-corrected chi connectivity index (χ3v) is 6.08. The summed E-state index contributed by atoms with van der Waals surface area (Å²) in [7, 11) is 0. The molecule has 27 heavy (non-hydrogen) atoms. The number of hydrogen-bond donors (Lipinski definition) is 2. The van der Waals surface area contributed by atoms with E-state index in [1.54, 1.807) is 6.07 Å². The van der Waals surface area contributed by atoms with Crippen LogP contribution in [0.3, 0.4) is 0 Å². The number of benzene rings is 1. The van der Waals surface area contributed by atoms with Gasteiger partial charge >= 0.3 is 6.36 Å². The third kappa shape index (κ3) is 5.44. The molecular weight excluding hydrogens is 377 g/mol. The Labute approximate surface area is 161 Å². The van der Waals surface area contributed by atoms with Crippen LogP contribution >= 0.6 is 11.8 Å². The first kappa shape index (κ1) is 20.1. The second-order valence-electron chi connectivity index (χ2n) is 6.90. The Balaban J connectivity index is 1.68. The molecule has 150 valence electrons. The van der Waals surface area contributed by atoms with E-state index >= 15 is 0 Å². The molecule has 0 bridgehead atoms. The molecule has 1 aliphatic heterocycles. The number of aliphatic imine (C=N–C) groups is 1. The zero-order valence-electron chi connectivity index (χ0n) is 15.1. The molecule has 0 atom stereocenters. The van der Waals surface area contributed by atoms with Gasteiger partial charge in [0.25, 0.3) is 0 Å². The van der Waals surface area contributed by atoms with Gasteiger partial charge in [0.05, 0.1) is 12.2 Å². The summed E-state index contributed by atoms with van der Waals surface area (Å²) in [4.78, 5) is 7.01. The van der Waals surface area contributed by atoms with Gasteiger partial charge in [0, 0.05) is 30.1 Å². The van der Waals surface area contributed by atoms with E-state index in [2.05, 4.69) is 19.9 Å². The summed E-state index contributed by atoms with van der Waals surface area (Å²) in [5, 5.41) is 2.76. The highest BCUT2D eigenvalue weighted by Gasteiger charge is 2.40. The predicted octanol–water partition coefficient (Wildman–Crippen LogP) is 3.67. The minimum atomic E-state index is -4.76. The first-order valence-corrected chi connectivity index (χ1v) is 10.3. The summed E-state index contributed by atoms with van der Waals surface area (Å²) >= 11 is 1.97. The summed E-state index contributed by atoms with van der Waals surface area (Å²) in [5.74, 6) is 2.03. The van der Waals surface area contributed by atoms with Crippen molar-refractivity contribution in [2.45, 2.75) is 37.6 Å². The van der Waals surface area contributed by atoms with Crippen LogP contribution in [0.1, 0.15) is 25.7 Å². The van der Waals surface area contributed by atoms with Crippen molar-refractivity contribution >= 4 is 23.4 Å². The quantitative estimate of drug-likeness (QED) is 0.581. The molecule has 0 unspecified atom stereocenters. The number of para-hydroxylation sites is 2. The zero-order chi connectivity index (χ0) is 19.3. The number of ether oxygens (including phenoxy) is 1. The number of hydrogen-bond acceptors (Lipinski definition) is 4. The Hall–Kier alpha value is -1.61. The lowest BCUT2D eigenvalue weighted by atomic mass is 9.95. The van der Waals surface area contributed by atoms with Gasteiger partial charge in [-0.15, -0.1) is 13.2 Å². The lowest BCUT2D eigenvalue weighted by Gasteiger charge is -2.42. The number of halogens is 3. The van der Waals surface area contributed by atoms with Crippen LogP contribution in [0.4, 0.5) is 18.9 Å². The van der Waals surface area contributed by atoms with E-state index in [1.165, 1.54) is 31.0 Å². The molecule has 2 fully saturated rings. The van der Waals surface area contributed by atoms with Gasteiger partial charge in [0.2, 0.25) is 0 Å². The van der Waals surface area contributed by atoms with Gasteiger partial charge in [0.1, 0.15) is 0 Å². The normalized spacial score (nSPS) is 21.2. The SMILES string of the molecule is NC(=NCC1(N2CCSCC2)CCCC1)Nc1ccccc1OC(F)(F)F. The molecule has 1 aromatic rings. The highest BCUT2D eigenvalue weighted by atomic mass is 32.2. The standard InChI is InChI=1S/C18H25F3N4OS/c19-18(20,21)26-15-6-2-1-5-14(15)24-16(22)23-13-17(7-3-4-8-17)25-9-11-27-12-10-25/h1-2,5-6H,3-4,7-13H2,(H3,22,23,24). The molecule has 1 heterocycles. The Morgan fingerprint density at radius 3 is 2.56 bits per heavy atom. The number of alkyl halides is 3. The van der Waals surface area contributed by atoms with Crippen LogP contribution in [-0.4, -0.2) is 53.9 Å². The molecule has 5 nitrogen and oxygen atoms in total. The highest BCUT2D eigenvalue weighted by molar-refractivity contribution is 7.99. The average Bonchev–Trinajstić information content (AvgIpc) is 3.12. The fourth-order valence-corrected chi connectivity index (χ4v) is 4.74. The number of guanidine groups is 1. The van der Waals surface area contributed by atoms with Crippen molar-refractivity contribution in [2.24, 2.45) is 10.7 Å². The van der Waals surface area contributed by atoms with Gasteiger partial charge in [-0.25, -0.2) is 0 Å². The second kappa shape index (κ2) is 8.60. The monoisotopic (exact) mass is 402 g/mol. The van der Waals surface area contributed by atoms with Crippen LogP contribution in [-0.2, 0) is 0 Å². The van der Waals surface area contributed by atoms with Crippen LogP contribution in [0, 0.1) is 0 Å². The summed E-state index contributed by atoms with van der Waals surface area (Å²) in [6.07, 6.45) is -0.238. The number of nitrogens with two attached hydrogens (primary N) is 1. The fraction of sp³-hybridized carbons (Fsp3) is 0.611. The van der Waals surface area contributed by atoms with E-state index in [4.69, 9.17) is 5.73 Å². The van der Waals surface area contributed by atoms with Crippen LogP contribution in [0.25, 0.3) is 0 Å². The van der Waals surface area contributed by atoms with Gasteiger partial charge in [0.15, 0.2) is 11.7 Å². The van der Waals surface area contributed by atoms with Gasteiger partial charge in [-0.05, 0) is 25.0 Å². The van der Waals surface area contributed by atoms with Crippen molar-refractivity contribution in [3.05, 3.63) is 24.3 Å². The number of rotatable bonds is 5. The molecule has 0 amide bonds. The van der Waals surface area contributed by atoms with E-state index < -0.39 is 6.36 Å². The van der Waals surface area contributed by atoms with Crippen molar-refractivity contribution < 1.29 is 17.9 Å². The summed E-state index contributed by atoms with van der Waals surface area (Å²) in [6.45, 7) is 2.66. The second-order valence-corrected chi connectivity index (χ2v) is 8.13. The van der Waals surface area contributed by atoms with Crippen LogP contribution < -0.4 is 15.8 Å². The maximum absolute atomic E-state index is 12.5. The minimum absolute atomic E-state index is 0.0231. The largest absolute Gasteiger partial charge is 0.573 e. The molecule has 3 rings (SSSR count). The molecule has 1 aliphatic carbocycles. The molecule has 0 spiro atoms. The van der Waals surface area contributed by atoms with Gasteiger partial charge in [-0.2, -0.15) is 11.8 Å². The fourth-order valence-electron chi connectivity index (χ4n) is 3.84. The molecule has 0 aromatic heterocycles. The lowest BCUT2D eigenvalue weighted by Crippen LogP contribution is -2.52. The Morgan fingerprint density at radius 2 is 1.89 bits per heavy atom. The van der Waals surface area contributed by atoms with Crippen LogP contribution in [0.15, 0.2) is 29.3 Å². The zero-order valence-corrected chi connectivity index (χ0v) is 15.9. The van der Waals surface area contributed by atoms with E-state index in [0.29, 0.717) is 6.54 Å². The maximum atomic E-state index is 12.5. The molecule has 1 aromatic carbocycles. The molecule has 0 radical (unpaired) electrons. The van der Waals surface area contributed by atoms with Crippen molar-refractivity contribution in [1.29, 1.82) is 0 Å². The van der Waals surface area contributed by atoms with Crippen molar-refractivity contribution in [3.8, 4) is 5.75 Å². The van der Waals surface area contributed by atoms with Crippen LogP contribution in [0.5, 0.6) is 5.75 Å². The Kier molecular flexibility index (Phi) is 6.41. The minimum Gasteiger partial charge on any atom is -0.404 e. The summed E-state index contributed by atoms with van der Waals surface area (Å²) in [5.41, 5.74) is 6.15. The average molecular weight is 402 g/mol. The summed E-state index contributed by atoms with van der Waals surface area (Å²) < 4.78 is 41.7. The van der Waals surface area contributed by atoms with E-state index in [9.17, 15) is 13.2 Å². The predicted molar refractivity (Wildman–Crippen MR) is 103 cm³/mol. The van der Waals surface area contributed by atoms with Gasteiger partial charge in [-0.1, -0.05) is 25.0 Å². The van der Waals surface area contributed by atoms with Crippen molar-refractivity contribution in [3.63, 3.8) is 0 Å². The summed E-state index contributed by atoms with van der Waals surface area (Å²) in [6, 6.07) is 5.81. The first-order valence-electron chi connectivity index (χ1n) is 9.13. The molecule has 1 saturated carbocycles. The first-order chi connectivity index (χ1) is 12.9. The molecule has 3 N–H and O–H groups in total. The van der Waals surface area contributed by atoms with Gasteiger partial charge in [-0.3, -0.25) is 9.89 Å². The Morgan fingerprint density at radius 1 is 1.22 bits per heavy atom. The van der Waals surface area contributed by atoms with Crippen molar-refractivity contribution in [2.75, 3.05) is 36.5 Å². The van der Waals surface area contributed by atoms with Crippen LogP contribution in [0.2, 0.25) is 0 Å². The molecular formula is C18H25F3N4OS. The third-order valence-electron chi connectivity index (χ3n) is 5.14. The lowest BCUT2D eigenvalue weighted by molar-refractivity contribution is -0.274. The smallest absolute Gasteiger partial charge is 0.404 e. The number of anilines is 1. The maximum Gasteiger partial charge on any atom is 0.573 e. The highest BCUT2D eigenvalue weighted by Crippen LogP contribution is 2.37. The molecule has 1 saturated heterocycles.